The van der Waals surface area contributed by atoms with Crippen LogP contribution in [0.3, 0.4) is 0 Å². The number of thiophene rings is 1. The molecule has 0 atom stereocenters. The minimum atomic E-state index is -0.438. The van der Waals surface area contributed by atoms with Gasteiger partial charge in [-0.15, -0.1) is 11.3 Å². The number of nitrogens with one attached hydrogen (secondary N) is 2. The summed E-state index contributed by atoms with van der Waals surface area (Å²) >= 11 is 19.1. The molecule has 0 saturated heterocycles. The molecule has 0 fully saturated rings. The van der Waals surface area contributed by atoms with Crippen molar-refractivity contribution in [3.05, 3.63) is 44.5 Å². The number of ether oxygens (including phenoxy) is 1. The van der Waals surface area contributed by atoms with Gasteiger partial charge in [0.25, 0.3) is 0 Å². The molecular weight excluding hydrogens is 451 g/mol. The zero-order valence-electron chi connectivity index (χ0n) is 16.1. The highest BCUT2D eigenvalue weighted by Gasteiger charge is 2.17. The van der Waals surface area contributed by atoms with Crippen LogP contribution in [0.1, 0.15) is 27.5 Å². The summed E-state index contributed by atoms with van der Waals surface area (Å²) < 4.78 is 7.56. The van der Waals surface area contributed by atoms with E-state index >= 15 is 0 Å². The minimum absolute atomic E-state index is 0.395. The Balaban J connectivity index is 1.55. The molecule has 0 saturated carbocycles. The van der Waals surface area contributed by atoms with Crippen LogP contribution in [-0.2, 0) is 11.3 Å². The molecule has 0 aliphatic rings. The van der Waals surface area contributed by atoms with Crippen molar-refractivity contribution in [2.45, 2.75) is 26.8 Å². The molecule has 0 bridgehead atoms. The molecule has 3 aromatic rings. The van der Waals surface area contributed by atoms with E-state index in [1.54, 1.807) is 0 Å². The Morgan fingerprint density at radius 3 is 2.72 bits per heavy atom. The van der Waals surface area contributed by atoms with Gasteiger partial charge in [-0.3, -0.25) is 4.68 Å². The number of benzene rings is 1. The zero-order valence-corrected chi connectivity index (χ0v) is 19.3. The average Bonchev–Trinajstić information content (AvgIpc) is 3.15. The fourth-order valence-corrected chi connectivity index (χ4v) is 4.69. The number of carbonyl (C=O) groups is 1. The van der Waals surface area contributed by atoms with Gasteiger partial charge in [-0.1, -0.05) is 23.2 Å². The molecule has 3 rings (SSSR count). The maximum atomic E-state index is 11.8. The Bertz CT molecular complexity index is 1080. The number of aryl methyl sites for hydroxylation is 2. The second-order valence-electron chi connectivity index (χ2n) is 6.39. The van der Waals surface area contributed by atoms with Crippen LogP contribution in [0.2, 0.25) is 10.0 Å². The fourth-order valence-electron chi connectivity index (χ4n) is 2.87. The molecule has 0 aliphatic carbocycles. The van der Waals surface area contributed by atoms with E-state index in [0.717, 1.165) is 45.1 Å². The monoisotopic (exact) mass is 470 g/mol. The van der Waals surface area contributed by atoms with Gasteiger partial charge < -0.3 is 15.4 Å². The number of nitrogens with zero attached hydrogens (tertiary/aromatic N) is 2. The summed E-state index contributed by atoms with van der Waals surface area (Å²) in [6.45, 7) is 5.31. The topological polar surface area (TPSA) is 68.2 Å². The first-order chi connectivity index (χ1) is 13.8. The Kier molecular flexibility index (Phi) is 7.00. The van der Waals surface area contributed by atoms with Crippen LogP contribution in [0.15, 0.2) is 18.2 Å². The van der Waals surface area contributed by atoms with Gasteiger partial charge >= 0.3 is 5.97 Å². The number of anilines is 1. The van der Waals surface area contributed by atoms with Crippen molar-refractivity contribution in [3.63, 3.8) is 0 Å². The van der Waals surface area contributed by atoms with Gasteiger partial charge in [0.2, 0.25) is 0 Å². The lowest BCUT2D eigenvalue weighted by atomic mass is 10.2. The number of halogens is 2. The van der Waals surface area contributed by atoms with E-state index in [0.29, 0.717) is 21.6 Å². The van der Waals surface area contributed by atoms with Crippen molar-refractivity contribution in [2.24, 2.45) is 0 Å². The smallest absolute Gasteiger partial charge is 0.349 e. The molecule has 29 heavy (non-hydrogen) atoms. The first-order valence-corrected chi connectivity index (χ1v) is 10.8. The van der Waals surface area contributed by atoms with Crippen LogP contribution in [0.25, 0.3) is 10.1 Å². The third kappa shape index (κ3) is 4.83. The SMILES string of the molecule is COC(=O)c1sc2cc(NC(=S)NCCCn3nc(C)c(Cl)c3C)ccc2c1Cl. The second-order valence-corrected chi connectivity index (χ2v) is 8.61. The molecule has 6 nitrogen and oxygen atoms in total. The summed E-state index contributed by atoms with van der Waals surface area (Å²) in [7, 11) is 1.34. The summed E-state index contributed by atoms with van der Waals surface area (Å²) in [6, 6.07) is 5.64. The summed E-state index contributed by atoms with van der Waals surface area (Å²) in [5.41, 5.74) is 2.63. The Morgan fingerprint density at radius 2 is 2.07 bits per heavy atom. The second kappa shape index (κ2) is 9.30. The van der Waals surface area contributed by atoms with Crippen molar-refractivity contribution in [1.82, 2.24) is 15.1 Å². The Labute approximate surface area is 188 Å². The number of carbonyl (C=O) groups excluding carboxylic acids is 1. The average molecular weight is 471 g/mol. The summed E-state index contributed by atoms with van der Waals surface area (Å²) in [5, 5.41) is 13.2. The predicted molar refractivity (Wildman–Crippen MR) is 124 cm³/mol. The maximum Gasteiger partial charge on any atom is 0.349 e. The van der Waals surface area contributed by atoms with Gasteiger partial charge in [0.05, 0.1) is 28.5 Å². The van der Waals surface area contributed by atoms with E-state index in [9.17, 15) is 4.79 Å². The molecule has 1 aromatic carbocycles. The fraction of sp³-hybridized carbons (Fsp3) is 0.316. The highest BCUT2D eigenvalue weighted by molar-refractivity contribution is 7.80. The van der Waals surface area contributed by atoms with Crippen LogP contribution < -0.4 is 10.6 Å². The molecule has 2 aromatic heterocycles. The van der Waals surface area contributed by atoms with Crippen molar-refractivity contribution >= 4 is 73.6 Å². The minimum Gasteiger partial charge on any atom is -0.465 e. The van der Waals surface area contributed by atoms with Crippen LogP contribution in [0.5, 0.6) is 0 Å². The van der Waals surface area contributed by atoms with Crippen molar-refractivity contribution in [1.29, 1.82) is 0 Å². The molecule has 0 radical (unpaired) electrons. The molecule has 2 heterocycles. The summed E-state index contributed by atoms with van der Waals surface area (Å²) in [6.07, 6.45) is 0.849. The van der Waals surface area contributed by atoms with Crippen LogP contribution >= 0.6 is 46.8 Å². The predicted octanol–water partition coefficient (Wildman–Crippen LogP) is 5.18. The van der Waals surface area contributed by atoms with Gasteiger partial charge in [0.1, 0.15) is 4.88 Å². The van der Waals surface area contributed by atoms with E-state index in [1.165, 1.54) is 18.4 Å². The van der Waals surface area contributed by atoms with Crippen molar-refractivity contribution in [3.8, 4) is 0 Å². The zero-order chi connectivity index (χ0) is 21.1. The lowest BCUT2D eigenvalue weighted by Crippen LogP contribution is -2.29. The number of hydrogen-bond donors (Lipinski definition) is 2. The summed E-state index contributed by atoms with van der Waals surface area (Å²) in [4.78, 5) is 12.2. The Hall–Kier alpha value is -1.87. The summed E-state index contributed by atoms with van der Waals surface area (Å²) in [5.74, 6) is -0.438. The molecule has 0 unspecified atom stereocenters. The maximum absolute atomic E-state index is 11.8. The van der Waals surface area contributed by atoms with Crippen LogP contribution in [0.4, 0.5) is 5.69 Å². The molecule has 154 valence electrons. The lowest BCUT2D eigenvalue weighted by Gasteiger charge is -2.11. The third-order valence-corrected chi connectivity index (χ3v) is 6.81. The number of aromatic nitrogens is 2. The largest absolute Gasteiger partial charge is 0.465 e. The lowest BCUT2D eigenvalue weighted by molar-refractivity contribution is 0.0606. The van der Waals surface area contributed by atoms with Gasteiger partial charge in [-0.05, 0) is 50.7 Å². The van der Waals surface area contributed by atoms with E-state index in [1.807, 2.05) is 36.7 Å². The molecule has 10 heteroatoms. The van der Waals surface area contributed by atoms with Crippen molar-refractivity contribution < 1.29 is 9.53 Å². The van der Waals surface area contributed by atoms with Crippen LogP contribution in [-0.4, -0.2) is 34.5 Å². The van der Waals surface area contributed by atoms with Crippen molar-refractivity contribution in [2.75, 3.05) is 19.0 Å². The Morgan fingerprint density at radius 1 is 1.31 bits per heavy atom. The molecule has 0 aliphatic heterocycles. The van der Waals surface area contributed by atoms with Crippen LogP contribution in [0, 0.1) is 13.8 Å². The highest BCUT2D eigenvalue weighted by atomic mass is 35.5. The normalized spacial score (nSPS) is 10.9. The number of esters is 1. The van der Waals surface area contributed by atoms with Gasteiger partial charge in [0.15, 0.2) is 5.11 Å². The standard InChI is InChI=1S/C19H20Cl2N4O2S2/c1-10-15(20)11(2)25(24-10)8-4-7-22-19(28)23-12-5-6-13-14(9-12)29-17(16(13)21)18(26)27-3/h5-6,9H,4,7-8H2,1-3H3,(H2,22,23,28). The number of methoxy groups -OCH3 is 1. The first-order valence-electron chi connectivity index (χ1n) is 8.86. The quantitative estimate of drug-likeness (QED) is 0.293. The van der Waals surface area contributed by atoms with E-state index < -0.39 is 5.97 Å². The van der Waals surface area contributed by atoms with E-state index in [-0.39, 0.29) is 0 Å². The molecule has 0 spiro atoms. The van der Waals surface area contributed by atoms with Gasteiger partial charge in [0, 0.05) is 28.9 Å². The van der Waals surface area contributed by atoms with E-state index in [4.69, 9.17) is 40.2 Å². The first kappa shape index (κ1) is 21.8. The number of fused-ring (bicyclic) bond motifs is 1. The molecule has 0 amide bonds. The van der Waals surface area contributed by atoms with Gasteiger partial charge in [-0.25, -0.2) is 4.79 Å². The number of hydrogen-bond acceptors (Lipinski definition) is 5. The third-order valence-electron chi connectivity index (χ3n) is 4.38. The number of rotatable bonds is 6. The number of thiocarbonyl (C=S) groups is 1. The molecule has 2 N–H and O–H groups in total. The van der Waals surface area contributed by atoms with E-state index in [2.05, 4.69) is 15.7 Å². The highest BCUT2D eigenvalue weighted by Crippen LogP contribution is 2.37. The molecular formula is C19H20Cl2N4O2S2. The van der Waals surface area contributed by atoms with Gasteiger partial charge in [-0.2, -0.15) is 5.10 Å².